The number of nitro groups is 1. The number of halogens is 3. The Hall–Kier alpha value is -1.83. The van der Waals surface area contributed by atoms with Crippen LogP contribution in [0.15, 0.2) is 18.2 Å². The molecular weight excluding hydrogens is 255 g/mol. The van der Waals surface area contributed by atoms with Gasteiger partial charge in [-0.25, -0.2) is 0 Å². The number of hydrogen-bond donors (Lipinski definition) is 1. The summed E-state index contributed by atoms with van der Waals surface area (Å²) in [6.07, 6.45) is -4.93. The molecule has 0 bridgehead atoms. The van der Waals surface area contributed by atoms with Crippen molar-refractivity contribution < 1.29 is 27.9 Å². The quantitative estimate of drug-likeness (QED) is 0.669. The number of ether oxygens (including phenoxy) is 1. The molecule has 0 atom stereocenters. The number of alkyl halides is 3. The van der Waals surface area contributed by atoms with Crippen LogP contribution in [0.4, 0.5) is 18.9 Å². The number of hydrogen-bond acceptors (Lipinski definition) is 4. The first kappa shape index (κ1) is 14.2. The number of aliphatic hydroxyl groups is 1. The third-order valence-electron chi connectivity index (χ3n) is 2.07. The number of benzene rings is 1. The molecule has 99 valence electrons. The van der Waals surface area contributed by atoms with Crippen molar-refractivity contribution in [1.82, 2.24) is 0 Å². The van der Waals surface area contributed by atoms with E-state index in [2.05, 4.69) is 4.74 Å². The van der Waals surface area contributed by atoms with Crippen LogP contribution in [0.25, 0.3) is 0 Å². The topological polar surface area (TPSA) is 72.6 Å². The normalized spacial score (nSPS) is 11.7. The van der Waals surface area contributed by atoms with Gasteiger partial charge in [0, 0.05) is 12.0 Å². The Bertz CT molecular complexity index is 447. The first-order chi connectivity index (χ1) is 8.23. The molecule has 18 heavy (non-hydrogen) atoms. The Morgan fingerprint density at radius 1 is 1.44 bits per heavy atom. The molecule has 0 aliphatic rings. The minimum atomic E-state index is -4.93. The van der Waals surface area contributed by atoms with Gasteiger partial charge in [0.05, 0.1) is 17.6 Å². The molecule has 0 unspecified atom stereocenters. The maximum Gasteiger partial charge on any atom is 0.573 e. The van der Waals surface area contributed by atoms with Crippen LogP contribution in [0.3, 0.4) is 0 Å². The van der Waals surface area contributed by atoms with E-state index in [1.807, 2.05) is 0 Å². The first-order valence-corrected chi connectivity index (χ1v) is 4.72. The Morgan fingerprint density at radius 2 is 2.06 bits per heavy atom. The van der Waals surface area contributed by atoms with Crippen molar-refractivity contribution >= 4 is 5.69 Å². The lowest BCUT2D eigenvalue weighted by Gasteiger charge is -2.12. The van der Waals surface area contributed by atoms with Crippen molar-refractivity contribution in [3.05, 3.63) is 39.8 Å². The van der Waals surface area contributed by atoms with Gasteiger partial charge in [-0.15, -0.1) is 13.2 Å². The molecule has 1 N–H and O–H groups in total. The summed E-state index contributed by atoms with van der Waals surface area (Å²) in [7, 11) is 0. The highest BCUT2D eigenvalue weighted by atomic mass is 19.4. The molecule has 0 aliphatic carbocycles. The second kappa shape index (κ2) is 5.21. The van der Waals surface area contributed by atoms with Crippen molar-refractivity contribution in [1.29, 1.82) is 0 Å². The summed E-state index contributed by atoms with van der Waals surface area (Å²) in [5.74, 6) is -0.398. The van der Waals surface area contributed by atoms with Gasteiger partial charge in [0.15, 0.2) is 0 Å². The third-order valence-corrected chi connectivity index (χ3v) is 2.07. The molecule has 8 heteroatoms. The van der Waals surface area contributed by atoms with Crippen LogP contribution in [0.1, 0.15) is 12.5 Å². The van der Waals surface area contributed by atoms with E-state index >= 15 is 0 Å². The highest BCUT2D eigenvalue weighted by Crippen LogP contribution is 2.30. The van der Waals surface area contributed by atoms with E-state index in [0.717, 1.165) is 12.1 Å². The highest BCUT2D eigenvalue weighted by molar-refractivity contribution is 5.47. The van der Waals surface area contributed by atoms with E-state index in [1.165, 1.54) is 6.92 Å². The van der Waals surface area contributed by atoms with Crippen molar-refractivity contribution in [3.63, 3.8) is 0 Å². The summed E-state index contributed by atoms with van der Waals surface area (Å²) in [6.45, 7) is 1.02. The summed E-state index contributed by atoms with van der Waals surface area (Å²) in [4.78, 5) is 9.74. The second-order valence-electron chi connectivity index (χ2n) is 3.46. The lowest BCUT2D eigenvalue weighted by atomic mass is 10.0. The smallest absolute Gasteiger partial charge is 0.406 e. The molecule has 0 saturated heterocycles. The van der Waals surface area contributed by atoms with Gasteiger partial charge in [-0.1, -0.05) is 6.92 Å². The van der Waals surface area contributed by atoms with Gasteiger partial charge in [-0.3, -0.25) is 10.1 Å². The molecule has 0 aromatic heterocycles. The van der Waals surface area contributed by atoms with Gasteiger partial charge in [0.2, 0.25) is 0 Å². The average Bonchev–Trinajstić information content (AvgIpc) is 2.25. The maximum absolute atomic E-state index is 12.0. The molecular formula is C10H9F3NO4. The highest BCUT2D eigenvalue weighted by Gasteiger charge is 2.32. The summed E-state index contributed by atoms with van der Waals surface area (Å²) >= 11 is 0. The Labute approximate surface area is 99.9 Å². The first-order valence-electron chi connectivity index (χ1n) is 4.72. The SMILES string of the molecule is C[C](CO)c1cc(OC(F)(F)F)cc([N+](=O)[O-])c1. The van der Waals surface area contributed by atoms with E-state index in [-0.39, 0.29) is 5.56 Å². The molecule has 0 fully saturated rings. The minimum absolute atomic E-state index is 0.117. The number of non-ortho nitro benzene ring substituents is 1. The fourth-order valence-electron chi connectivity index (χ4n) is 1.22. The minimum Gasteiger partial charge on any atom is -0.406 e. The fraction of sp³-hybridized carbons (Fsp3) is 0.300. The average molecular weight is 264 g/mol. The zero-order valence-electron chi connectivity index (χ0n) is 9.19. The molecule has 0 saturated carbocycles. The van der Waals surface area contributed by atoms with Gasteiger partial charge in [-0.2, -0.15) is 0 Å². The molecule has 1 radical (unpaired) electrons. The number of nitro benzene ring substituents is 1. The zero-order chi connectivity index (χ0) is 13.9. The van der Waals surface area contributed by atoms with Gasteiger partial charge in [-0.05, 0) is 11.6 Å². The second-order valence-corrected chi connectivity index (χ2v) is 3.46. The molecule has 0 heterocycles. The van der Waals surface area contributed by atoms with Crippen molar-refractivity contribution in [2.45, 2.75) is 13.3 Å². The summed E-state index contributed by atoms with van der Waals surface area (Å²) < 4.78 is 39.8. The molecule has 1 rings (SSSR count). The van der Waals surface area contributed by atoms with Gasteiger partial charge in [0.1, 0.15) is 5.75 Å². The lowest BCUT2D eigenvalue weighted by molar-refractivity contribution is -0.385. The van der Waals surface area contributed by atoms with Gasteiger partial charge >= 0.3 is 6.36 Å². The monoisotopic (exact) mass is 264 g/mol. The van der Waals surface area contributed by atoms with Crippen LogP contribution in [-0.4, -0.2) is 23.0 Å². The van der Waals surface area contributed by atoms with E-state index in [0.29, 0.717) is 12.0 Å². The van der Waals surface area contributed by atoms with E-state index in [1.54, 1.807) is 0 Å². The summed E-state index contributed by atoms with van der Waals surface area (Å²) in [5.41, 5.74) is -0.425. The van der Waals surface area contributed by atoms with Gasteiger partial charge in [0.25, 0.3) is 5.69 Å². The van der Waals surface area contributed by atoms with E-state index in [9.17, 15) is 23.3 Å². The Balaban J connectivity index is 3.18. The Morgan fingerprint density at radius 3 is 2.50 bits per heavy atom. The number of rotatable bonds is 4. The van der Waals surface area contributed by atoms with Crippen LogP contribution in [-0.2, 0) is 0 Å². The fourth-order valence-corrected chi connectivity index (χ4v) is 1.22. The van der Waals surface area contributed by atoms with Crippen LogP contribution in [0, 0.1) is 16.0 Å². The molecule has 1 aromatic carbocycles. The van der Waals surface area contributed by atoms with Crippen LogP contribution in [0.2, 0.25) is 0 Å². The van der Waals surface area contributed by atoms with Crippen LogP contribution < -0.4 is 4.74 Å². The van der Waals surface area contributed by atoms with Crippen molar-refractivity contribution in [2.24, 2.45) is 0 Å². The number of nitrogens with zero attached hydrogens (tertiary/aromatic N) is 1. The van der Waals surface area contributed by atoms with Crippen molar-refractivity contribution in [2.75, 3.05) is 6.61 Å². The Kier molecular flexibility index (Phi) is 4.12. The maximum atomic E-state index is 12.0. The number of aliphatic hydroxyl groups excluding tert-OH is 1. The molecule has 0 spiro atoms. The molecule has 1 aromatic rings. The van der Waals surface area contributed by atoms with E-state index in [4.69, 9.17) is 5.11 Å². The standard InChI is InChI=1S/C10H9F3NO4/c1-6(5-15)7-2-8(14(16)17)4-9(3-7)18-10(11,12)13/h2-4,15H,5H2,1H3. The van der Waals surface area contributed by atoms with E-state index < -0.39 is 29.3 Å². The lowest BCUT2D eigenvalue weighted by Crippen LogP contribution is -2.17. The molecule has 5 nitrogen and oxygen atoms in total. The predicted molar refractivity (Wildman–Crippen MR) is 54.9 cm³/mol. The predicted octanol–water partition coefficient (Wildman–Crippen LogP) is 2.43. The molecule has 0 aliphatic heterocycles. The van der Waals surface area contributed by atoms with Crippen LogP contribution >= 0.6 is 0 Å². The summed E-state index contributed by atoms with van der Waals surface area (Å²) in [5, 5.41) is 19.5. The molecule has 0 amide bonds. The van der Waals surface area contributed by atoms with Gasteiger partial charge < -0.3 is 9.84 Å². The van der Waals surface area contributed by atoms with Crippen LogP contribution in [0.5, 0.6) is 5.75 Å². The zero-order valence-corrected chi connectivity index (χ0v) is 9.19. The third kappa shape index (κ3) is 3.88. The van der Waals surface area contributed by atoms with Crippen molar-refractivity contribution in [3.8, 4) is 5.75 Å². The largest absolute Gasteiger partial charge is 0.573 e. The summed E-state index contributed by atoms with van der Waals surface area (Å²) in [6, 6.07) is 2.71.